The second-order valence-electron chi connectivity index (χ2n) is 5.31. The average Bonchev–Trinajstić information content (AvgIpc) is 2.94. The summed E-state index contributed by atoms with van der Waals surface area (Å²) in [6.45, 7) is 4.52. The van der Waals surface area contributed by atoms with E-state index in [1.54, 1.807) is 0 Å². The van der Waals surface area contributed by atoms with E-state index in [0.29, 0.717) is 6.42 Å². The standard InChI is InChI=1S/C16H23N3O3/c1-4-6-8-12(14(20)16(22)17-10-5-2)18-15(21)13-9-7-11-19(13)3/h1,5,12-13H,2,6-11H2,3H3,(H,17,22)(H,18,21). The summed E-state index contributed by atoms with van der Waals surface area (Å²) in [6, 6.07) is -1.14. The third-order valence-corrected chi connectivity index (χ3v) is 3.66. The lowest BCUT2D eigenvalue weighted by molar-refractivity contribution is -0.140. The SMILES string of the molecule is C#CCCC(NC(=O)C1CCCN1C)C(=O)C(=O)NCC=C. The number of rotatable bonds is 8. The van der Waals surface area contributed by atoms with Crippen LogP contribution >= 0.6 is 0 Å². The molecule has 1 fully saturated rings. The van der Waals surface area contributed by atoms with Gasteiger partial charge in [0.1, 0.15) is 0 Å². The van der Waals surface area contributed by atoms with Crippen molar-refractivity contribution in [2.24, 2.45) is 0 Å². The molecule has 0 bridgehead atoms. The van der Waals surface area contributed by atoms with Crippen molar-refractivity contribution in [3.63, 3.8) is 0 Å². The van der Waals surface area contributed by atoms with Crippen LogP contribution in [0.4, 0.5) is 0 Å². The van der Waals surface area contributed by atoms with E-state index < -0.39 is 17.7 Å². The molecule has 1 saturated heterocycles. The summed E-state index contributed by atoms with van der Waals surface area (Å²) in [6.07, 6.45) is 8.95. The first-order chi connectivity index (χ1) is 10.5. The highest BCUT2D eigenvalue weighted by molar-refractivity contribution is 6.38. The number of hydrogen-bond acceptors (Lipinski definition) is 4. The molecule has 120 valence electrons. The van der Waals surface area contributed by atoms with E-state index >= 15 is 0 Å². The Labute approximate surface area is 131 Å². The molecule has 2 N–H and O–H groups in total. The molecule has 0 aromatic carbocycles. The fraction of sp³-hybridized carbons (Fsp3) is 0.562. The van der Waals surface area contributed by atoms with Gasteiger partial charge in [0, 0.05) is 13.0 Å². The lowest BCUT2D eigenvalue weighted by Crippen LogP contribution is -2.51. The number of likely N-dealkylation sites (tertiary alicyclic amines) is 1. The Balaban J connectivity index is 2.68. The Morgan fingerprint density at radius 3 is 2.77 bits per heavy atom. The fourth-order valence-electron chi connectivity index (χ4n) is 2.42. The molecule has 22 heavy (non-hydrogen) atoms. The Kier molecular flexibility index (Phi) is 7.33. The summed E-state index contributed by atoms with van der Waals surface area (Å²) >= 11 is 0. The van der Waals surface area contributed by atoms with Crippen LogP contribution in [-0.4, -0.2) is 54.7 Å². The van der Waals surface area contributed by atoms with Crippen molar-refractivity contribution in [1.82, 2.24) is 15.5 Å². The van der Waals surface area contributed by atoms with E-state index in [-0.39, 0.29) is 24.9 Å². The Bertz CT molecular complexity index is 482. The zero-order valence-corrected chi connectivity index (χ0v) is 12.9. The normalized spacial score (nSPS) is 19.0. The molecule has 0 saturated carbocycles. The van der Waals surface area contributed by atoms with Gasteiger partial charge in [-0.05, 0) is 32.9 Å². The van der Waals surface area contributed by atoms with Gasteiger partial charge in [-0.1, -0.05) is 6.08 Å². The van der Waals surface area contributed by atoms with E-state index in [0.717, 1.165) is 19.4 Å². The zero-order valence-electron chi connectivity index (χ0n) is 12.9. The molecule has 0 aromatic heterocycles. The summed E-state index contributed by atoms with van der Waals surface area (Å²) in [7, 11) is 1.87. The number of hydrogen-bond donors (Lipinski definition) is 2. The van der Waals surface area contributed by atoms with Crippen LogP contribution in [0.3, 0.4) is 0 Å². The van der Waals surface area contributed by atoms with Crippen molar-refractivity contribution in [2.75, 3.05) is 20.1 Å². The van der Waals surface area contributed by atoms with Crippen LogP contribution < -0.4 is 10.6 Å². The van der Waals surface area contributed by atoms with E-state index in [1.165, 1.54) is 6.08 Å². The lowest BCUT2D eigenvalue weighted by Gasteiger charge is -2.22. The van der Waals surface area contributed by atoms with Crippen molar-refractivity contribution in [2.45, 2.75) is 37.8 Å². The van der Waals surface area contributed by atoms with Crippen molar-refractivity contribution in [3.05, 3.63) is 12.7 Å². The summed E-state index contributed by atoms with van der Waals surface area (Å²) in [5, 5.41) is 5.09. The molecule has 1 aliphatic rings. The molecule has 0 spiro atoms. The third-order valence-electron chi connectivity index (χ3n) is 3.66. The van der Waals surface area contributed by atoms with E-state index in [9.17, 15) is 14.4 Å². The van der Waals surface area contributed by atoms with Crippen LogP contribution in [0.15, 0.2) is 12.7 Å². The average molecular weight is 305 g/mol. The number of amides is 2. The molecule has 2 amide bonds. The largest absolute Gasteiger partial charge is 0.346 e. The number of carbonyl (C=O) groups is 3. The first-order valence-corrected chi connectivity index (χ1v) is 7.38. The van der Waals surface area contributed by atoms with Crippen LogP contribution in [0, 0.1) is 12.3 Å². The molecule has 2 unspecified atom stereocenters. The molecule has 0 aromatic rings. The summed E-state index contributed by atoms with van der Waals surface area (Å²) in [4.78, 5) is 38.1. The topological polar surface area (TPSA) is 78.5 Å². The van der Waals surface area contributed by atoms with Gasteiger partial charge in [-0.2, -0.15) is 0 Å². The van der Waals surface area contributed by atoms with Gasteiger partial charge in [-0.15, -0.1) is 18.9 Å². The molecule has 1 rings (SSSR count). The van der Waals surface area contributed by atoms with Crippen molar-refractivity contribution >= 4 is 17.6 Å². The molecule has 1 heterocycles. The fourth-order valence-corrected chi connectivity index (χ4v) is 2.42. The maximum Gasteiger partial charge on any atom is 0.289 e. The number of ketones is 1. The quantitative estimate of drug-likeness (QED) is 0.371. The molecular weight excluding hydrogens is 282 g/mol. The van der Waals surface area contributed by atoms with Gasteiger partial charge in [-0.3, -0.25) is 19.3 Å². The smallest absolute Gasteiger partial charge is 0.289 e. The highest BCUT2D eigenvalue weighted by Crippen LogP contribution is 2.15. The molecular formula is C16H23N3O3. The number of nitrogens with one attached hydrogen (secondary N) is 2. The van der Waals surface area contributed by atoms with Crippen molar-refractivity contribution in [1.29, 1.82) is 0 Å². The second kappa shape index (κ2) is 9.00. The van der Waals surface area contributed by atoms with E-state index in [4.69, 9.17) is 6.42 Å². The Hall–Kier alpha value is -2.13. The van der Waals surface area contributed by atoms with Crippen LogP contribution in [0.5, 0.6) is 0 Å². The molecule has 0 radical (unpaired) electrons. The monoisotopic (exact) mass is 305 g/mol. The van der Waals surface area contributed by atoms with Crippen molar-refractivity contribution in [3.8, 4) is 12.3 Å². The summed E-state index contributed by atoms with van der Waals surface area (Å²) in [5.41, 5.74) is 0. The van der Waals surface area contributed by atoms with Crippen LogP contribution in [0.2, 0.25) is 0 Å². The van der Waals surface area contributed by atoms with E-state index in [2.05, 4.69) is 23.1 Å². The minimum atomic E-state index is -0.887. The Morgan fingerprint density at radius 2 is 2.23 bits per heavy atom. The van der Waals surface area contributed by atoms with E-state index in [1.807, 2.05) is 11.9 Å². The molecule has 1 aliphatic heterocycles. The van der Waals surface area contributed by atoms with Crippen LogP contribution in [0.1, 0.15) is 25.7 Å². The zero-order chi connectivity index (χ0) is 16.5. The Morgan fingerprint density at radius 1 is 1.50 bits per heavy atom. The van der Waals surface area contributed by atoms with Gasteiger partial charge in [0.25, 0.3) is 5.91 Å². The van der Waals surface area contributed by atoms with Gasteiger partial charge < -0.3 is 10.6 Å². The maximum absolute atomic E-state index is 12.3. The van der Waals surface area contributed by atoms with Gasteiger partial charge in [0.15, 0.2) is 0 Å². The van der Waals surface area contributed by atoms with Crippen molar-refractivity contribution < 1.29 is 14.4 Å². The highest BCUT2D eigenvalue weighted by Gasteiger charge is 2.32. The van der Waals surface area contributed by atoms with Crippen LogP contribution in [0.25, 0.3) is 0 Å². The summed E-state index contributed by atoms with van der Waals surface area (Å²) in [5.74, 6) is 0.786. The first kappa shape index (κ1) is 17.9. The minimum Gasteiger partial charge on any atom is -0.346 e. The van der Waals surface area contributed by atoms with Gasteiger partial charge in [-0.25, -0.2) is 0 Å². The molecule has 6 heteroatoms. The number of Topliss-reactive ketones (excluding diaryl/α,β-unsaturated/α-hetero) is 1. The van der Waals surface area contributed by atoms with Gasteiger partial charge in [0.05, 0.1) is 12.1 Å². The highest BCUT2D eigenvalue weighted by atomic mass is 16.2. The molecule has 2 atom stereocenters. The number of carbonyl (C=O) groups excluding carboxylic acids is 3. The molecule has 6 nitrogen and oxygen atoms in total. The number of likely N-dealkylation sites (N-methyl/N-ethyl adjacent to an activating group) is 1. The van der Waals surface area contributed by atoms with Gasteiger partial charge >= 0.3 is 0 Å². The predicted molar refractivity (Wildman–Crippen MR) is 83.9 cm³/mol. The van der Waals surface area contributed by atoms with Gasteiger partial charge in [0.2, 0.25) is 11.7 Å². The number of nitrogens with zero attached hydrogens (tertiary/aromatic N) is 1. The molecule has 0 aliphatic carbocycles. The lowest BCUT2D eigenvalue weighted by atomic mass is 10.0. The minimum absolute atomic E-state index is 0.200. The second-order valence-corrected chi connectivity index (χ2v) is 5.31. The third kappa shape index (κ3) is 5.01. The number of terminal acetylenes is 1. The predicted octanol–water partition coefficient (Wildman–Crippen LogP) is -0.150. The summed E-state index contributed by atoms with van der Waals surface area (Å²) < 4.78 is 0. The van der Waals surface area contributed by atoms with Crippen LogP contribution in [-0.2, 0) is 14.4 Å². The maximum atomic E-state index is 12.3. The first-order valence-electron chi connectivity index (χ1n) is 7.38.